The van der Waals surface area contributed by atoms with E-state index in [2.05, 4.69) is 20.8 Å². The van der Waals surface area contributed by atoms with Gasteiger partial charge >= 0.3 is 5.97 Å². The van der Waals surface area contributed by atoms with Crippen LogP contribution in [0.15, 0.2) is 11.6 Å². The highest BCUT2D eigenvalue weighted by molar-refractivity contribution is 5.82. The first-order valence-electron chi connectivity index (χ1n) is 9.80. The highest BCUT2D eigenvalue weighted by Crippen LogP contribution is 2.65. The maximum atomic E-state index is 11.8. The Morgan fingerprint density at radius 2 is 1.96 bits per heavy atom. The predicted octanol–water partition coefficient (Wildman–Crippen LogP) is 4.63. The lowest BCUT2D eigenvalue weighted by molar-refractivity contribution is -0.182. The Labute approximate surface area is 146 Å². The smallest absolute Gasteiger partial charge is 0.330 e. The van der Waals surface area contributed by atoms with Gasteiger partial charge in [0.25, 0.3) is 0 Å². The summed E-state index contributed by atoms with van der Waals surface area (Å²) in [5.74, 6) is 0.815. The van der Waals surface area contributed by atoms with Crippen LogP contribution >= 0.6 is 0 Å². The van der Waals surface area contributed by atoms with Gasteiger partial charge < -0.3 is 9.84 Å². The van der Waals surface area contributed by atoms with Gasteiger partial charge in [0, 0.05) is 6.08 Å². The number of fused-ring (bicyclic) bond motifs is 3. The van der Waals surface area contributed by atoms with Crippen molar-refractivity contribution in [1.29, 1.82) is 0 Å². The third-order valence-corrected chi connectivity index (χ3v) is 7.48. The molecule has 0 amide bonds. The second-order valence-corrected chi connectivity index (χ2v) is 9.37. The summed E-state index contributed by atoms with van der Waals surface area (Å²) in [6.45, 7) is 9.52. The van der Waals surface area contributed by atoms with E-state index >= 15 is 0 Å². The maximum Gasteiger partial charge on any atom is 0.330 e. The zero-order chi connectivity index (χ0) is 17.6. The van der Waals surface area contributed by atoms with Crippen molar-refractivity contribution in [2.75, 3.05) is 6.61 Å². The minimum atomic E-state index is -0.630. The monoisotopic (exact) mass is 334 g/mol. The van der Waals surface area contributed by atoms with Gasteiger partial charge in [-0.1, -0.05) is 32.8 Å². The summed E-state index contributed by atoms with van der Waals surface area (Å²) in [6.07, 6.45) is 10.0. The van der Waals surface area contributed by atoms with Crippen molar-refractivity contribution in [3.05, 3.63) is 11.6 Å². The molecule has 3 fully saturated rings. The average Bonchev–Trinajstić information content (AvgIpc) is 2.45. The minimum Gasteiger partial charge on any atom is -0.463 e. The van der Waals surface area contributed by atoms with Gasteiger partial charge in [-0.15, -0.1) is 0 Å². The van der Waals surface area contributed by atoms with Crippen LogP contribution in [0.25, 0.3) is 0 Å². The second kappa shape index (κ2) is 6.16. The van der Waals surface area contributed by atoms with Gasteiger partial charge in [0.1, 0.15) is 0 Å². The van der Waals surface area contributed by atoms with Crippen LogP contribution in [0.1, 0.15) is 79.1 Å². The fourth-order valence-corrected chi connectivity index (χ4v) is 6.58. The molecule has 0 aromatic rings. The first kappa shape index (κ1) is 18.0. The van der Waals surface area contributed by atoms with E-state index in [4.69, 9.17) is 4.74 Å². The van der Waals surface area contributed by atoms with E-state index in [0.29, 0.717) is 30.3 Å². The second-order valence-electron chi connectivity index (χ2n) is 9.37. The number of aliphatic hydroxyl groups is 1. The van der Waals surface area contributed by atoms with E-state index in [0.717, 1.165) is 31.3 Å². The molecule has 0 aromatic heterocycles. The molecule has 0 aromatic carbocycles. The largest absolute Gasteiger partial charge is 0.463 e. The molecule has 0 aliphatic heterocycles. The Balaban J connectivity index is 1.83. The number of hydrogen-bond donors (Lipinski definition) is 1. The standard InChI is InChI=1S/C21H34O3/c1-5-24-18(22)13-15-7-8-17-20(4)11-6-10-19(2,3)16(20)9-12-21(17,23)14-15/h13,16-17,23H,5-12,14H2,1-4H3/b15-13-/t16-,17+,20-,21+/m0/s1. The molecule has 24 heavy (non-hydrogen) atoms. The van der Waals surface area contributed by atoms with Crippen molar-refractivity contribution in [2.45, 2.75) is 84.7 Å². The first-order chi connectivity index (χ1) is 11.2. The van der Waals surface area contributed by atoms with Gasteiger partial charge in [-0.2, -0.15) is 0 Å². The summed E-state index contributed by atoms with van der Waals surface area (Å²) in [4.78, 5) is 11.8. The van der Waals surface area contributed by atoms with Crippen LogP contribution in [0.3, 0.4) is 0 Å². The number of hydrogen-bond acceptors (Lipinski definition) is 3. The number of carbonyl (C=O) groups excluding carboxylic acids is 1. The van der Waals surface area contributed by atoms with Crippen LogP contribution in [0.2, 0.25) is 0 Å². The van der Waals surface area contributed by atoms with E-state index in [1.807, 2.05) is 6.92 Å². The maximum absolute atomic E-state index is 11.8. The summed E-state index contributed by atoms with van der Waals surface area (Å²) in [5, 5.41) is 11.5. The Bertz CT molecular complexity index is 535. The van der Waals surface area contributed by atoms with Crippen LogP contribution in [0, 0.1) is 22.7 Å². The number of carbonyl (C=O) groups is 1. The lowest BCUT2D eigenvalue weighted by atomic mass is 9.43. The van der Waals surface area contributed by atoms with Gasteiger partial charge in [-0.25, -0.2) is 4.79 Å². The molecule has 3 rings (SSSR count). The molecule has 3 nitrogen and oxygen atoms in total. The molecule has 3 aliphatic carbocycles. The highest BCUT2D eigenvalue weighted by Gasteiger charge is 2.60. The van der Waals surface area contributed by atoms with Crippen LogP contribution in [0.4, 0.5) is 0 Å². The number of esters is 1. The average molecular weight is 335 g/mol. The predicted molar refractivity (Wildman–Crippen MR) is 95.5 cm³/mol. The Morgan fingerprint density at radius 3 is 2.67 bits per heavy atom. The number of rotatable bonds is 2. The van der Waals surface area contributed by atoms with Gasteiger partial charge in [0.05, 0.1) is 12.2 Å². The van der Waals surface area contributed by atoms with Gasteiger partial charge in [-0.05, 0) is 74.5 Å². The van der Waals surface area contributed by atoms with Crippen LogP contribution in [0.5, 0.6) is 0 Å². The van der Waals surface area contributed by atoms with E-state index in [1.165, 1.54) is 19.3 Å². The molecule has 0 radical (unpaired) electrons. The molecule has 0 saturated heterocycles. The first-order valence-corrected chi connectivity index (χ1v) is 9.80. The van der Waals surface area contributed by atoms with Gasteiger partial charge in [0.15, 0.2) is 0 Å². The van der Waals surface area contributed by atoms with Crippen molar-refractivity contribution in [1.82, 2.24) is 0 Å². The summed E-state index contributed by atoms with van der Waals surface area (Å²) in [7, 11) is 0. The Hall–Kier alpha value is -0.830. The molecule has 1 N–H and O–H groups in total. The molecule has 3 aliphatic rings. The van der Waals surface area contributed by atoms with Crippen LogP contribution in [-0.4, -0.2) is 23.3 Å². The van der Waals surface area contributed by atoms with Crippen molar-refractivity contribution in [3.63, 3.8) is 0 Å². The lowest BCUT2D eigenvalue weighted by Crippen LogP contribution is -2.59. The molecule has 4 atom stereocenters. The van der Waals surface area contributed by atoms with E-state index < -0.39 is 5.60 Å². The quantitative estimate of drug-likeness (QED) is 0.591. The van der Waals surface area contributed by atoms with Crippen molar-refractivity contribution >= 4 is 5.97 Å². The van der Waals surface area contributed by atoms with Gasteiger partial charge in [-0.3, -0.25) is 0 Å². The summed E-state index contributed by atoms with van der Waals surface area (Å²) in [5.41, 5.74) is 1.07. The molecule has 0 spiro atoms. The number of ether oxygens (including phenoxy) is 1. The van der Waals surface area contributed by atoms with E-state index in [-0.39, 0.29) is 11.4 Å². The Kier molecular flexibility index (Phi) is 4.61. The lowest BCUT2D eigenvalue weighted by Gasteiger charge is -2.63. The Morgan fingerprint density at radius 1 is 1.21 bits per heavy atom. The molecule has 0 unspecified atom stereocenters. The molecule has 3 saturated carbocycles. The van der Waals surface area contributed by atoms with E-state index in [1.54, 1.807) is 6.08 Å². The SMILES string of the molecule is CCOC(=O)/C=C1/CC[C@H]2[C@@](O)(CC[C@H]3C(C)(C)CCC[C@@]32C)C1. The summed E-state index contributed by atoms with van der Waals surface area (Å²) < 4.78 is 5.05. The molecular weight excluding hydrogens is 300 g/mol. The third-order valence-electron chi connectivity index (χ3n) is 7.48. The topological polar surface area (TPSA) is 46.5 Å². The molecular formula is C21H34O3. The van der Waals surface area contributed by atoms with Crippen molar-refractivity contribution < 1.29 is 14.6 Å². The van der Waals surface area contributed by atoms with E-state index in [9.17, 15) is 9.90 Å². The summed E-state index contributed by atoms with van der Waals surface area (Å²) >= 11 is 0. The zero-order valence-electron chi connectivity index (χ0n) is 15.9. The summed E-state index contributed by atoms with van der Waals surface area (Å²) in [6, 6.07) is 0. The zero-order valence-corrected chi connectivity index (χ0v) is 15.9. The molecule has 0 bridgehead atoms. The third kappa shape index (κ3) is 2.94. The molecule has 0 heterocycles. The fourth-order valence-electron chi connectivity index (χ4n) is 6.58. The van der Waals surface area contributed by atoms with Gasteiger partial charge in [0.2, 0.25) is 0 Å². The van der Waals surface area contributed by atoms with Crippen molar-refractivity contribution in [3.8, 4) is 0 Å². The van der Waals surface area contributed by atoms with Crippen LogP contribution in [-0.2, 0) is 9.53 Å². The normalized spacial score (nSPS) is 43.0. The molecule has 136 valence electrons. The molecule has 3 heteroatoms. The van der Waals surface area contributed by atoms with Crippen LogP contribution < -0.4 is 0 Å². The fraction of sp³-hybridized carbons (Fsp3) is 0.857. The van der Waals surface area contributed by atoms with Crippen molar-refractivity contribution in [2.24, 2.45) is 22.7 Å². The minimum absolute atomic E-state index is 0.240. The highest BCUT2D eigenvalue weighted by atomic mass is 16.5.